The number of nitrogens with one attached hydrogen (secondary N) is 2. The average molecular weight is 372 g/mol. The summed E-state index contributed by atoms with van der Waals surface area (Å²) in [5, 5.41) is 6.01. The zero-order valence-corrected chi connectivity index (χ0v) is 15.2. The maximum absolute atomic E-state index is 13.6. The molecule has 0 radical (unpaired) electrons. The van der Waals surface area contributed by atoms with Crippen LogP contribution in [0.15, 0.2) is 29.3 Å². The van der Waals surface area contributed by atoms with Crippen molar-refractivity contribution in [1.82, 2.24) is 14.9 Å². The fourth-order valence-corrected chi connectivity index (χ4v) is 3.71. The molecule has 25 heavy (non-hydrogen) atoms. The number of rotatable bonds is 7. The zero-order chi connectivity index (χ0) is 18.1. The van der Waals surface area contributed by atoms with Gasteiger partial charge in [-0.1, -0.05) is 18.2 Å². The Morgan fingerprint density at radius 3 is 2.68 bits per heavy atom. The van der Waals surface area contributed by atoms with Crippen molar-refractivity contribution in [2.45, 2.75) is 13.5 Å². The Bertz CT molecular complexity index is 676. The van der Waals surface area contributed by atoms with Crippen LogP contribution < -0.4 is 10.6 Å². The molecule has 0 aliphatic carbocycles. The summed E-state index contributed by atoms with van der Waals surface area (Å²) in [4.78, 5) is 4.30. The summed E-state index contributed by atoms with van der Waals surface area (Å²) >= 11 is 0. The molecule has 1 fully saturated rings. The lowest BCUT2D eigenvalue weighted by Gasteiger charge is -2.26. The van der Waals surface area contributed by atoms with Gasteiger partial charge in [-0.2, -0.15) is 4.31 Å². The number of benzene rings is 1. The molecule has 7 nitrogen and oxygen atoms in total. The molecule has 2 N–H and O–H groups in total. The van der Waals surface area contributed by atoms with Gasteiger partial charge in [-0.3, -0.25) is 0 Å². The van der Waals surface area contributed by atoms with E-state index in [2.05, 4.69) is 15.6 Å². The van der Waals surface area contributed by atoms with Crippen LogP contribution in [0.3, 0.4) is 0 Å². The van der Waals surface area contributed by atoms with Gasteiger partial charge in [-0.05, 0) is 13.0 Å². The third kappa shape index (κ3) is 6.26. The van der Waals surface area contributed by atoms with Gasteiger partial charge in [-0.25, -0.2) is 17.8 Å². The predicted octanol–water partition coefficient (Wildman–Crippen LogP) is 0.543. The first-order valence-corrected chi connectivity index (χ1v) is 9.95. The molecule has 1 aromatic rings. The summed E-state index contributed by atoms with van der Waals surface area (Å²) in [6.07, 6.45) is 0. The molecule has 0 unspecified atom stereocenters. The number of hydrogen-bond acceptors (Lipinski definition) is 4. The topological polar surface area (TPSA) is 83.0 Å². The maximum Gasteiger partial charge on any atom is 0.215 e. The molecule has 140 valence electrons. The molecule has 0 spiro atoms. The minimum atomic E-state index is -3.32. The standard InChI is InChI=1S/C16H25FN4O3S/c1-2-18-16(20-13-14-5-3-4-6-15(14)17)19-7-12-25(22,23)21-8-10-24-11-9-21/h3-6H,2,7-13H2,1H3,(H2,18,19,20). The molecule has 1 aromatic carbocycles. The molecule has 0 saturated carbocycles. The number of halogens is 1. The van der Waals surface area contributed by atoms with Crippen LogP contribution in [0.2, 0.25) is 0 Å². The summed E-state index contributed by atoms with van der Waals surface area (Å²) in [6, 6.07) is 6.44. The number of morpholine rings is 1. The van der Waals surface area contributed by atoms with Crippen molar-refractivity contribution in [2.24, 2.45) is 4.99 Å². The smallest absolute Gasteiger partial charge is 0.215 e. The summed E-state index contributed by atoms with van der Waals surface area (Å²) in [5.41, 5.74) is 0.487. The third-order valence-corrected chi connectivity index (χ3v) is 5.60. The lowest BCUT2D eigenvalue weighted by Crippen LogP contribution is -2.45. The Labute approximate surface area is 148 Å². The van der Waals surface area contributed by atoms with Crippen LogP contribution in [0.25, 0.3) is 0 Å². The molecule has 1 aliphatic rings. The SMILES string of the molecule is CCNC(=NCc1ccccc1F)NCCS(=O)(=O)N1CCOCC1. The Balaban J connectivity index is 1.88. The van der Waals surface area contributed by atoms with E-state index in [9.17, 15) is 12.8 Å². The molecule has 0 aromatic heterocycles. The molecule has 1 aliphatic heterocycles. The van der Waals surface area contributed by atoms with Crippen LogP contribution >= 0.6 is 0 Å². The highest BCUT2D eigenvalue weighted by Gasteiger charge is 2.23. The van der Waals surface area contributed by atoms with E-state index in [-0.39, 0.29) is 24.7 Å². The Kier molecular flexibility index (Phi) is 7.60. The summed E-state index contributed by atoms with van der Waals surface area (Å²) in [7, 11) is -3.32. The lowest BCUT2D eigenvalue weighted by molar-refractivity contribution is 0.0730. The maximum atomic E-state index is 13.6. The third-order valence-electron chi connectivity index (χ3n) is 3.73. The fourth-order valence-electron chi connectivity index (χ4n) is 2.38. The Hall–Kier alpha value is -1.71. The predicted molar refractivity (Wildman–Crippen MR) is 95.4 cm³/mol. The van der Waals surface area contributed by atoms with Gasteiger partial charge in [0.15, 0.2) is 5.96 Å². The fraction of sp³-hybridized carbons (Fsp3) is 0.562. The highest BCUT2D eigenvalue weighted by molar-refractivity contribution is 7.89. The van der Waals surface area contributed by atoms with Gasteiger partial charge in [0.2, 0.25) is 10.0 Å². The molecule has 0 atom stereocenters. The molecule has 9 heteroatoms. The van der Waals surface area contributed by atoms with E-state index in [1.54, 1.807) is 18.2 Å². The second-order valence-electron chi connectivity index (χ2n) is 5.54. The minimum Gasteiger partial charge on any atom is -0.379 e. The second kappa shape index (κ2) is 9.69. The molecule has 1 heterocycles. The van der Waals surface area contributed by atoms with Gasteiger partial charge in [0.25, 0.3) is 0 Å². The largest absolute Gasteiger partial charge is 0.379 e. The van der Waals surface area contributed by atoms with E-state index >= 15 is 0 Å². The van der Waals surface area contributed by atoms with E-state index in [4.69, 9.17) is 4.74 Å². The van der Waals surface area contributed by atoms with Crippen LogP contribution in [0.5, 0.6) is 0 Å². The first-order valence-electron chi connectivity index (χ1n) is 8.34. The van der Waals surface area contributed by atoms with Crippen molar-refractivity contribution < 1.29 is 17.5 Å². The van der Waals surface area contributed by atoms with Gasteiger partial charge >= 0.3 is 0 Å². The monoisotopic (exact) mass is 372 g/mol. The van der Waals surface area contributed by atoms with Crippen LogP contribution in [0.4, 0.5) is 4.39 Å². The highest BCUT2D eigenvalue weighted by Crippen LogP contribution is 2.07. The highest BCUT2D eigenvalue weighted by atomic mass is 32.2. The van der Waals surface area contributed by atoms with E-state index in [1.807, 2.05) is 6.92 Å². The first-order chi connectivity index (χ1) is 12.0. The number of sulfonamides is 1. The second-order valence-corrected chi connectivity index (χ2v) is 7.63. The summed E-state index contributed by atoms with van der Waals surface area (Å²) < 4.78 is 44.8. The molecule has 2 rings (SSSR count). The van der Waals surface area contributed by atoms with Crippen LogP contribution in [0, 0.1) is 5.82 Å². The van der Waals surface area contributed by atoms with Crippen LogP contribution in [-0.4, -0.2) is 63.8 Å². The lowest BCUT2D eigenvalue weighted by atomic mass is 10.2. The molecule has 1 saturated heterocycles. The first kappa shape index (κ1) is 19.6. The average Bonchev–Trinajstić information content (AvgIpc) is 2.61. The summed E-state index contributed by atoms with van der Waals surface area (Å²) in [5.74, 6) is 0.122. The van der Waals surface area contributed by atoms with Gasteiger partial charge < -0.3 is 15.4 Å². The number of ether oxygens (including phenoxy) is 1. The summed E-state index contributed by atoms with van der Waals surface area (Å²) in [6.45, 7) is 4.58. The van der Waals surface area contributed by atoms with Gasteiger partial charge in [0, 0.05) is 31.7 Å². The van der Waals surface area contributed by atoms with Gasteiger partial charge in [0.1, 0.15) is 5.82 Å². The Morgan fingerprint density at radius 1 is 1.28 bits per heavy atom. The zero-order valence-electron chi connectivity index (χ0n) is 14.4. The number of aliphatic imine (C=N–C) groups is 1. The van der Waals surface area contributed by atoms with E-state index in [0.717, 1.165) is 0 Å². The normalized spacial score (nSPS) is 16.6. The van der Waals surface area contributed by atoms with Gasteiger partial charge in [0.05, 0.1) is 25.5 Å². The van der Waals surface area contributed by atoms with E-state index in [0.29, 0.717) is 44.4 Å². The number of hydrogen-bond donors (Lipinski definition) is 2. The minimum absolute atomic E-state index is 0.0306. The molecule has 0 bridgehead atoms. The van der Waals surface area contributed by atoms with Gasteiger partial charge in [-0.15, -0.1) is 0 Å². The van der Waals surface area contributed by atoms with Crippen molar-refractivity contribution in [3.05, 3.63) is 35.6 Å². The van der Waals surface area contributed by atoms with Crippen molar-refractivity contribution >= 4 is 16.0 Å². The Morgan fingerprint density at radius 2 is 2.00 bits per heavy atom. The molecule has 0 amide bonds. The van der Waals surface area contributed by atoms with Crippen LogP contribution in [0.1, 0.15) is 12.5 Å². The molecular formula is C16H25FN4O3S. The van der Waals surface area contributed by atoms with E-state index < -0.39 is 10.0 Å². The number of nitrogens with zero attached hydrogens (tertiary/aromatic N) is 2. The van der Waals surface area contributed by atoms with Crippen molar-refractivity contribution in [3.63, 3.8) is 0 Å². The van der Waals surface area contributed by atoms with Crippen molar-refractivity contribution in [1.29, 1.82) is 0 Å². The van der Waals surface area contributed by atoms with Crippen molar-refractivity contribution in [2.75, 3.05) is 45.1 Å². The number of guanidine groups is 1. The van der Waals surface area contributed by atoms with Crippen molar-refractivity contribution in [3.8, 4) is 0 Å². The van der Waals surface area contributed by atoms with E-state index in [1.165, 1.54) is 10.4 Å². The van der Waals surface area contributed by atoms with Crippen LogP contribution in [-0.2, 0) is 21.3 Å². The molecular weight excluding hydrogens is 347 g/mol. The quantitative estimate of drug-likeness (QED) is 0.539.